The third kappa shape index (κ3) is 5.24. The van der Waals surface area contributed by atoms with Crippen molar-refractivity contribution in [3.8, 4) is 11.5 Å². The Morgan fingerprint density at radius 1 is 1.02 bits per heavy atom. The number of aryl methyl sites for hydroxylation is 1. The molecular formula is C35H26ClN3O5S. The standard InChI is InChI=1S/C35H26ClN3O5S/c1-43-29-17-23(28(39(41)42)19-30(29)44-20-21-9-3-2-4-10-21)18-31-34(40)38-33(25-13-7-8-14-27(25)36)26-16-15-22-11-5-6-12-24(22)32(26)37-35(38)45-31/h2-14,17-19,33H,15-16,20H2,1H3/b31-18-/t33-/m1/s1. The summed E-state index contributed by atoms with van der Waals surface area (Å²) in [5, 5.41) is 12.8. The molecule has 1 aliphatic carbocycles. The van der Waals surface area contributed by atoms with Crippen LogP contribution in [0.1, 0.15) is 40.3 Å². The molecule has 0 saturated carbocycles. The van der Waals surface area contributed by atoms with E-state index in [0.29, 0.717) is 20.1 Å². The van der Waals surface area contributed by atoms with Crippen molar-refractivity contribution < 1.29 is 14.4 Å². The van der Waals surface area contributed by atoms with Crippen LogP contribution in [0, 0.1) is 10.1 Å². The van der Waals surface area contributed by atoms with Crippen LogP contribution in [0.25, 0.3) is 11.8 Å². The van der Waals surface area contributed by atoms with Crippen molar-refractivity contribution in [1.29, 1.82) is 0 Å². The second-order valence-electron chi connectivity index (χ2n) is 10.7. The van der Waals surface area contributed by atoms with Crippen molar-refractivity contribution in [3.05, 3.63) is 159 Å². The molecule has 0 N–H and O–H groups in total. The molecule has 45 heavy (non-hydrogen) atoms. The Hall–Kier alpha value is -4.99. The van der Waals surface area contributed by atoms with Crippen molar-refractivity contribution in [1.82, 2.24) is 4.57 Å². The van der Waals surface area contributed by atoms with Gasteiger partial charge in [0.05, 0.1) is 39.9 Å². The number of allylic oxidation sites excluding steroid dienone is 1. The van der Waals surface area contributed by atoms with Gasteiger partial charge in [0.2, 0.25) is 0 Å². The lowest BCUT2D eigenvalue weighted by Gasteiger charge is -2.31. The number of halogens is 1. The van der Waals surface area contributed by atoms with Crippen molar-refractivity contribution in [2.24, 2.45) is 4.99 Å². The minimum absolute atomic E-state index is 0.208. The van der Waals surface area contributed by atoms with Gasteiger partial charge in [-0.15, -0.1) is 0 Å². The Bertz CT molecular complexity index is 2190. The summed E-state index contributed by atoms with van der Waals surface area (Å²) in [4.78, 5) is 31.5. The van der Waals surface area contributed by atoms with Crippen LogP contribution in [0.2, 0.25) is 5.02 Å². The Morgan fingerprint density at radius 2 is 1.78 bits per heavy atom. The van der Waals surface area contributed by atoms with Crippen LogP contribution in [-0.4, -0.2) is 16.6 Å². The third-order valence-corrected chi connectivity index (χ3v) is 9.43. The SMILES string of the molecule is COc1cc(/C=c2\sc3n(c2=O)[C@H](c2ccccc2Cl)C2=C(N=3)c3ccccc3CC2)c([N+](=O)[O-])cc1OCc1ccccc1. The number of nitro benzene ring substituents is 1. The van der Waals surface area contributed by atoms with E-state index in [1.54, 1.807) is 4.57 Å². The summed E-state index contributed by atoms with van der Waals surface area (Å²) in [6.45, 7) is 0.210. The highest BCUT2D eigenvalue weighted by Gasteiger charge is 2.33. The predicted molar refractivity (Wildman–Crippen MR) is 175 cm³/mol. The molecule has 0 fully saturated rings. The molecule has 10 heteroatoms. The van der Waals surface area contributed by atoms with Crippen LogP contribution in [0.15, 0.2) is 106 Å². The van der Waals surface area contributed by atoms with Crippen molar-refractivity contribution >= 4 is 40.4 Å². The van der Waals surface area contributed by atoms with Gasteiger partial charge < -0.3 is 9.47 Å². The fourth-order valence-electron chi connectivity index (χ4n) is 5.98. The first-order chi connectivity index (χ1) is 21.9. The number of methoxy groups -OCH3 is 1. The first-order valence-electron chi connectivity index (χ1n) is 14.3. The summed E-state index contributed by atoms with van der Waals surface area (Å²) in [6.07, 6.45) is 3.08. The largest absolute Gasteiger partial charge is 0.493 e. The van der Waals surface area contributed by atoms with Crippen molar-refractivity contribution in [2.75, 3.05) is 7.11 Å². The normalized spacial score (nSPS) is 15.5. The van der Waals surface area contributed by atoms with Gasteiger partial charge in [0.15, 0.2) is 16.3 Å². The Labute approximate surface area is 266 Å². The zero-order valence-electron chi connectivity index (χ0n) is 24.1. The fraction of sp³-hybridized carbons (Fsp3) is 0.143. The molecule has 1 aliphatic heterocycles. The smallest absolute Gasteiger partial charge is 0.280 e. The maximum absolute atomic E-state index is 14.2. The summed E-state index contributed by atoms with van der Waals surface area (Å²) in [7, 11) is 1.47. The van der Waals surface area contributed by atoms with Crippen LogP contribution >= 0.6 is 22.9 Å². The van der Waals surface area contributed by atoms with Gasteiger partial charge in [-0.05, 0) is 53.3 Å². The number of aromatic nitrogens is 1. The van der Waals surface area contributed by atoms with Crippen LogP contribution in [0.4, 0.5) is 5.69 Å². The molecular weight excluding hydrogens is 610 g/mol. The van der Waals surface area contributed by atoms with E-state index in [0.717, 1.165) is 40.8 Å². The summed E-state index contributed by atoms with van der Waals surface area (Å²) in [5.74, 6) is 0.549. The number of ether oxygens (including phenoxy) is 2. The highest BCUT2D eigenvalue weighted by molar-refractivity contribution is 7.07. The molecule has 1 atom stereocenters. The minimum Gasteiger partial charge on any atom is -0.493 e. The lowest BCUT2D eigenvalue weighted by atomic mass is 9.83. The fourth-order valence-corrected chi connectivity index (χ4v) is 7.21. The van der Waals surface area contributed by atoms with Crippen LogP contribution in [0.5, 0.6) is 11.5 Å². The highest BCUT2D eigenvalue weighted by Crippen LogP contribution is 2.43. The second kappa shape index (κ2) is 11.8. The van der Waals surface area contributed by atoms with Crippen LogP contribution in [-0.2, 0) is 13.0 Å². The van der Waals surface area contributed by atoms with Gasteiger partial charge in [-0.2, -0.15) is 0 Å². The molecule has 0 bridgehead atoms. The topological polar surface area (TPSA) is 96.0 Å². The molecule has 5 aromatic rings. The minimum atomic E-state index is -0.486. The summed E-state index contributed by atoms with van der Waals surface area (Å²) < 4.78 is 13.5. The number of nitrogens with zero attached hydrogens (tertiary/aromatic N) is 3. The molecule has 4 aromatic carbocycles. The van der Waals surface area contributed by atoms with E-state index in [4.69, 9.17) is 26.1 Å². The maximum Gasteiger partial charge on any atom is 0.280 e. The molecule has 0 spiro atoms. The molecule has 0 amide bonds. The maximum atomic E-state index is 14.2. The summed E-state index contributed by atoms with van der Waals surface area (Å²) >= 11 is 7.93. The molecule has 7 rings (SSSR count). The van der Waals surface area contributed by atoms with E-state index in [1.807, 2.05) is 66.7 Å². The van der Waals surface area contributed by atoms with Gasteiger partial charge in [-0.3, -0.25) is 19.5 Å². The van der Waals surface area contributed by atoms with Crippen molar-refractivity contribution in [3.63, 3.8) is 0 Å². The molecule has 224 valence electrons. The lowest BCUT2D eigenvalue weighted by molar-refractivity contribution is -0.385. The quantitative estimate of drug-likeness (QED) is 0.151. The number of hydrogen-bond donors (Lipinski definition) is 0. The van der Waals surface area contributed by atoms with Crippen LogP contribution < -0.4 is 24.4 Å². The number of rotatable bonds is 7. The van der Waals surface area contributed by atoms with E-state index >= 15 is 0 Å². The molecule has 2 heterocycles. The molecule has 1 aromatic heterocycles. The zero-order chi connectivity index (χ0) is 31.1. The number of nitro groups is 1. The number of benzene rings is 4. The van der Waals surface area contributed by atoms with Gasteiger partial charge >= 0.3 is 0 Å². The number of thiazole rings is 1. The molecule has 0 radical (unpaired) electrons. The zero-order valence-corrected chi connectivity index (χ0v) is 25.7. The van der Waals surface area contributed by atoms with Crippen LogP contribution in [0.3, 0.4) is 0 Å². The average molecular weight is 636 g/mol. The second-order valence-corrected chi connectivity index (χ2v) is 12.1. The van der Waals surface area contributed by atoms with E-state index in [1.165, 1.54) is 42.2 Å². The van der Waals surface area contributed by atoms with Gasteiger partial charge in [-0.1, -0.05) is 95.7 Å². The Balaban J connectivity index is 1.39. The van der Waals surface area contributed by atoms with E-state index < -0.39 is 11.0 Å². The molecule has 2 aliphatic rings. The first-order valence-corrected chi connectivity index (χ1v) is 15.5. The third-order valence-electron chi connectivity index (χ3n) is 8.11. The van der Waals surface area contributed by atoms with E-state index in [-0.39, 0.29) is 29.2 Å². The predicted octanol–water partition coefficient (Wildman–Crippen LogP) is 6.47. The van der Waals surface area contributed by atoms with Crippen molar-refractivity contribution in [2.45, 2.75) is 25.5 Å². The number of fused-ring (bicyclic) bond motifs is 3. The van der Waals surface area contributed by atoms with E-state index in [2.05, 4.69) is 12.1 Å². The monoisotopic (exact) mass is 635 g/mol. The summed E-state index contributed by atoms with van der Waals surface area (Å²) in [6, 6.07) is 27.6. The molecule has 0 saturated heterocycles. The first kappa shape index (κ1) is 28.8. The Morgan fingerprint density at radius 3 is 2.56 bits per heavy atom. The summed E-state index contributed by atoms with van der Waals surface area (Å²) in [5.41, 5.74) is 5.54. The van der Waals surface area contributed by atoms with E-state index in [9.17, 15) is 14.9 Å². The number of hydrogen-bond acceptors (Lipinski definition) is 7. The Kier molecular flexibility index (Phi) is 7.56. The van der Waals surface area contributed by atoms with Gasteiger partial charge in [-0.25, -0.2) is 4.99 Å². The van der Waals surface area contributed by atoms with Gasteiger partial charge in [0.1, 0.15) is 6.61 Å². The highest BCUT2D eigenvalue weighted by atomic mass is 35.5. The average Bonchev–Trinajstić information content (AvgIpc) is 3.37. The lowest BCUT2D eigenvalue weighted by Crippen LogP contribution is -2.38. The van der Waals surface area contributed by atoms with Gasteiger partial charge in [0.25, 0.3) is 11.2 Å². The van der Waals surface area contributed by atoms with Gasteiger partial charge in [0, 0.05) is 10.6 Å². The molecule has 8 nitrogen and oxygen atoms in total. The molecule has 0 unspecified atom stereocenters.